The molecule has 1 heterocycles. The van der Waals surface area contributed by atoms with Crippen molar-refractivity contribution in [3.05, 3.63) is 34.6 Å². The number of carbonyl (C=O) groups is 1. The molecule has 1 aliphatic rings. The van der Waals surface area contributed by atoms with Crippen LogP contribution in [0.1, 0.15) is 29.6 Å². The fraction of sp³-hybridized carbons (Fsp3) is 0.500. The van der Waals surface area contributed by atoms with Crippen LogP contribution in [0.5, 0.6) is 0 Å². The van der Waals surface area contributed by atoms with Crippen LogP contribution in [0.4, 0.5) is 4.39 Å². The van der Waals surface area contributed by atoms with E-state index in [-0.39, 0.29) is 10.6 Å². The second-order valence-electron chi connectivity index (χ2n) is 4.92. The average molecular weight is 285 g/mol. The zero-order valence-corrected chi connectivity index (χ0v) is 11.7. The Hall–Kier alpha value is -1.13. The SMILES string of the molecule is CN1CCCC1CCNC(=O)c1c(F)cccc1Cl. The molecule has 0 radical (unpaired) electrons. The van der Waals surface area contributed by atoms with Gasteiger partial charge in [-0.05, 0) is 45.0 Å². The van der Waals surface area contributed by atoms with E-state index < -0.39 is 11.7 Å². The van der Waals surface area contributed by atoms with E-state index in [1.807, 2.05) is 0 Å². The van der Waals surface area contributed by atoms with Gasteiger partial charge >= 0.3 is 0 Å². The number of carbonyl (C=O) groups excluding carboxylic acids is 1. The van der Waals surface area contributed by atoms with E-state index in [1.54, 1.807) is 0 Å². The van der Waals surface area contributed by atoms with Crippen LogP contribution >= 0.6 is 11.6 Å². The number of benzene rings is 1. The maximum absolute atomic E-state index is 13.5. The summed E-state index contributed by atoms with van der Waals surface area (Å²) in [6, 6.07) is 4.76. The molecule has 1 aromatic carbocycles. The Bertz CT molecular complexity index is 447. The highest BCUT2D eigenvalue weighted by Gasteiger charge is 2.21. The Morgan fingerprint density at radius 1 is 1.58 bits per heavy atom. The molecule has 0 aromatic heterocycles. The third-order valence-electron chi connectivity index (χ3n) is 3.62. The van der Waals surface area contributed by atoms with Crippen molar-refractivity contribution < 1.29 is 9.18 Å². The molecule has 1 aliphatic heterocycles. The summed E-state index contributed by atoms with van der Waals surface area (Å²) in [5, 5.41) is 2.89. The molecule has 3 nitrogen and oxygen atoms in total. The van der Waals surface area contributed by atoms with Gasteiger partial charge in [0.05, 0.1) is 10.6 Å². The second kappa shape index (κ2) is 6.35. The van der Waals surface area contributed by atoms with Gasteiger partial charge in [-0.2, -0.15) is 0 Å². The lowest BCUT2D eigenvalue weighted by Crippen LogP contribution is -2.32. The maximum Gasteiger partial charge on any atom is 0.255 e. The number of hydrogen-bond acceptors (Lipinski definition) is 2. The fourth-order valence-corrected chi connectivity index (χ4v) is 2.75. The summed E-state index contributed by atoms with van der Waals surface area (Å²) >= 11 is 5.84. The van der Waals surface area contributed by atoms with Crippen molar-refractivity contribution >= 4 is 17.5 Å². The maximum atomic E-state index is 13.5. The van der Waals surface area contributed by atoms with Gasteiger partial charge in [0.25, 0.3) is 5.91 Å². The molecule has 1 amide bonds. The summed E-state index contributed by atoms with van der Waals surface area (Å²) in [6.07, 6.45) is 3.25. The van der Waals surface area contributed by atoms with Crippen LogP contribution in [0.3, 0.4) is 0 Å². The van der Waals surface area contributed by atoms with Crippen molar-refractivity contribution in [3.63, 3.8) is 0 Å². The van der Waals surface area contributed by atoms with Crippen LogP contribution < -0.4 is 5.32 Å². The molecule has 5 heteroatoms. The first kappa shape index (κ1) is 14.3. The molecule has 2 rings (SSSR count). The van der Waals surface area contributed by atoms with Gasteiger partial charge in [-0.1, -0.05) is 17.7 Å². The smallest absolute Gasteiger partial charge is 0.255 e. The molecule has 1 N–H and O–H groups in total. The van der Waals surface area contributed by atoms with Gasteiger partial charge in [-0.25, -0.2) is 4.39 Å². The standard InChI is InChI=1S/C14H18ClFN2O/c1-18-9-3-4-10(18)7-8-17-14(19)13-11(15)5-2-6-12(13)16/h2,5-6,10H,3-4,7-9H2,1H3,(H,17,19). The molecule has 1 saturated heterocycles. The largest absolute Gasteiger partial charge is 0.352 e. The van der Waals surface area contributed by atoms with Gasteiger partial charge in [0.2, 0.25) is 0 Å². The highest BCUT2D eigenvalue weighted by atomic mass is 35.5. The lowest BCUT2D eigenvalue weighted by atomic mass is 10.1. The minimum absolute atomic E-state index is 0.0658. The number of rotatable bonds is 4. The first-order valence-corrected chi connectivity index (χ1v) is 6.90. The first-order chi connectivity index (χ1) is 9.09. The van der Waals surface area contributed by atoms with Crippen LogP contribution in [0.2, 0.25) is 5.02 Å². The molecule has 0 saturated carbocycles. The minimum Gasteiger partial charge on any atom is -0.352 e. The van der Waals surface area contributed by atoms with Crippen molar-refractivity contribution in [2.75, 3.05) is 20.1 Å². The lowest BCUT2D eigenvalue weighted by Gasteiger charge is -2.19. The lowest BCUT2D eigenvalue weighted by molar-refractivity contribution is 0.0946. The van der Waals surface area contributed by atoms with Gasteiger partial charge in [0.15, 0.2) is 0 Å². The Morgan fingerprint density at radius 2 is 2.37 bits per heavy atom. The Kier molecular flexibility index (Phi) is 4.77. The minimum atomic E-state index is -0.581. The monoisotopic (exact) mass is 284 g/mol. The van der Waals surface area contributed by atoms with Gasteiger partial charge < -0.3 is 10.2 Å². The molecule has 104 valence electrons. The molecular weight excluding hydrogens is 267 g/mol. The summed E-state index contributed by atoms with van der Waals surface area (Å²) in [4.78, 5) is 14.2. The molecular formula is C14H18ClFN2O. The second-order valence-corrected chi connectivity index (χ2v) is 5.33. The van der Waals surface area contributed by atoms with E-state index in [9.17, 15) is 9.18 Å². The average Bonchev–Trinajstić information content (AvgIpc) is 2.75. The predicted octanol–water partition coefficient (Wildman–Crippen LogP) is 2.69. The fourth-order valence-electron chi connectivity index (χ4n) is 2.50. The van der Waals surface area contributed by atoms with Crippen molar-refractivity contribution in [1.82, 2.24) is 10.2 Å². The summed E-state index contributed by atoms with van der Waals surface area (Å²) in [7, 11) is 2.09. The van der Waals surface area contributed by atoms with Gasteiger partial charge in [0, 0.05) is 12.6 Å². The Balaban J connectivity index is 1.88. The first-order valence-electron chi connectivity index (χ1n) is 6.52. The quantitative estimate of drug-likeness (QED) is 0.922. The molecule has 1 atom stereocenters. The van der Waals surface area contributed by atoms with E-state index in [0.717, 1.165) is 19.4 Å². The van der Waals surface area contributed by atoms with Crippen LogP contribution in [0, 0.1) is 5.82 Å². The van der Waals surface area contributed by atoms with Crippen LogP contribution in [-0.2, 0) is 0 Å². The number of nitrogens with one attached hydrogen (secondary N) is 1. The molecule has 1 unspecified atom stereocenters. The normalized spacial score (nSPS) is 19.6. The molecule has 0 spiro atoms. The highest BCUT2D eigenvalue weighted by molar-refractivity contribution is 6.33. The van der Waals surface area contributed by atoms with E-state index in [1.165, 1.54) is 24.6 Å². The van der Waals surface area contributed by atoms with E-state index >= 15 is 0 Å². The van der Waals surface area contributed by atoms with Crippen molar-refractivity contribution in [3.8, 4) is 0 Å². The third kappa shape index (κ3) is 3.45. The van der Waals surface area contributed by atoms with Crippen molar-refractivity contribution in [1.29, 1.82) is 0 Å². The zero-order valence-electron chi connectivity index (χ0n) is 11.0. The number of amides is 1. The highest BCUT2D eigenvalue weighted by Crippen LogP contribution is 2.19. The molecule has 1 fully saturated rings. The molecule has 0 aliphatic carbocycles. The Labute approximate surface area is 117 Å². The number of nitrogens with zero attached hydrogens (tertiary/aromatic N) is 1. The molecule has 0 bridgehead atoms. The van der Waals surface area contributed by atoms with Crippen LogP contribution in [-0.4, -0.2) is 37.0 Å². The van der Waals surface area contributed by atoms with Gasteiger partial charge in [0.1, 0.15) is 5.82 Å². The molecule has 1 aromatic rings. The Morgan fingerprint density at radius 3 is 3.00 bits per heavy atom. The van der Waals surface area contributed by atoms with Crippen LogP contribution in [0.25, 0.3) is 0 Å². The summed E-state index contributed by atoms with van der Waals surface area (Å²) in [6.45, 7) is 1.65. The van der Waals surface area contributed by atoms with Gasteiger partial charge in [-0.3, -0.25) is 4.79 Å². The number of hydrogen-bond donors (Lipinski definition) is 1. The van der Waals surface area contributed by atoms with E-state index in [2.05, 4.69) is 17.3 Å². The summed E-state index contributed by atoms with van der Waals surface area (Å²) < 4.78 is 13.5. The topological polar surface area (TPSA) is 32.3 Å². The van der Waals surface area contributed by atoms with Crippen LogP contribution in [0.15, 0.2) is 18.2 Å². The number of likely N-dealkylation sites (tertiary alicyclic amines) is 1. The zero-order chi connectivity index (χ0) is 13.8. The predicted molar refractivity (Wildman–Crippen MR) is 74.0 cm³/mol. The van der Waals surface area contributed by atoms with Gasteiger partial charge in [-0.15, -0.1) is 0 Å². The summed E-state index contributed by atoms with van der Waals surface area (Å²) in [5.74, 6) is -1.02. The van der Waals surface area contributed by atoms with Crippen molar-refractivity contribution in [2.45, 2.75) is 25.3 Å². The van der Waals surface area contributed by atoms with E-state index in [0.29, 0.717) is 12.6 Å². The van der Waals surface area contributed by atoms with E-state index in [4.69, 9.17) is 11.6 Å². The number of halogens is 2. The molecule has 19 heavy (non-hydrogen) atoms. The third-order valence-corrected chi connectivity index (χ3v) is 3.94. The summed E-state index contributed by atoms with van der Waals surface area (Å²) in [5.41, 5.74) is -0.0658. The van der Waals surface area contributed by atoms with Crippen molar-refractivity contribution in [2.24, 2.45) is 0 Å².